The van der Waals surface area contributed by atoms with Crippen molar-refractivity contribution < 1.29 is 19.4 Å². The van der Waals surface area contributed by atoms with Gasteiger partial charge >= 0.3 is 11.9 Å². The quantitative estimate of drug-likeness (QED) is 0.864. The number of hydrogen-bond acceptors (Lipinski definition) is 4. The fourth-order valence-electron chi connectivity index (χ4n) is 2.14. The van der Waals surface area contributed by atoms with Gasteiger partial charge in [-0.2, -0.15) is 0 Å². The minimum atomic E-state index is -1.03. The van der Waals surface area contributed by atoms with E-state index in [2.05, 4.69) is 9.72 Å². The molecule has 6 nitrogen and oxygen atoms in total. The predicted octanol–water partition coefficient (Wildman–Crippen LogP) is 2.03. The lowest BCUT2D eigenvalue weighted by Crippen LogP contribution is -2.14. The minimum absolute atomic E-state index is 0.0174. The Bertz CT molecular complexity index is 673. The number of carbonyl (C=O) groups is 2. The van der Waals surface area contributed by atoms with E-state index in [9.17, 15) is 14.7 Å². The number of aromatic nitrogens is 2. The second kappa shape index (κ2) is 5.32. The summed E-state index contributed by atoms with van der Waals surface area (Å²) in [6.45, 7) is 3.90. The molecule has 0 atom stereocenters. The van der Waals surface area contributed by atoms with Gasteiger partial charge in [0.25, 0.3) is 0 Å². The third-order valence-corrected chi connectivity index (χ3v) is 3.07. The zero-order chi connectivity index (χ0) is 14.9. The van der Waals surface area contributed by atoms with Gasteiger partial charge in [0.1, 0.15) is 17.9 Å². The lowest BCUT2D eigenvalue weighted by Gasteiger charge is -2.09. The molecule has 0 unspecified atom stereocenters. The molecule has 20 heavy (non-hydrogen) atoms. The monoisotopic (exact) mass is 276 g/mol. The Morgan fingerprint density at radius 3 is 2.65 bits per heavy atom. The molecule has 6 heteroatoms. The van der Waals surface area contributed by atoms with E-state index in [-0.39, 0.29) is 18.0 Å². The molecule has 0 aliphatic heterocycles. The zero-order valence-corrected chi connectivity index (χ0v) is 11.6. The van der Waals surface area contributed by atoms with Crippen LogP contribution in [0.3, 0.4) is 0 Å². The minimum Gasteiger partial charge on any atom is -0.478 e. The Hall–Kier alpha value is -2.37. The summed E-state index contributed by atoms with van der Waals surface area (Å²) >= 11 is 0. The van der Waals surface area contributed by atoms with E-state index in [0.29, 0.717) is 16.9 Å². The smallest absolute Gasteiger partial charge is 0.337 e. The summed E-state index contributed by atoms with van der Waals surface area (Å²) in [4.78, 5) is 27.2. The number of benzene rings is 1. The number of carbonyl (C=O) groups excluding carboxylic acids is 1. The number of ether oxygens (including phenoxy) is 1. The standard InChI is InChI=1S/C14H16N2O4/c1-8(2)13-15-12-9(14(18)19)5-4-6-10(12)16(13)7-11(17)20-3/h4-6,8H,7H2,1-3H3,(H,18,19). The second-order valence-electron chi connectivity index (χ2n) is 4.77. The topological polar surface area (TPSA) is 81.4 Å². The Labute approximate surface area is 116 Å². The summed E-state index contributed by atoms with van der Waals surface area (Å²) in [7, 11) is 1.32. The van der Waals surface area contributed by atoms with Gasteiger partial charge in [-0.25, -0.2) is 9.78 Å². The maximum absolute atomic E-state index is 11.5. The van der Waals surface area contributed by atoms with E-state index in [1.165, 1.54) is 13.2 Å². The van der Waals surface area contributed by atoms with Crippen molar-refractivity contribution in [3.63, 3.8) is 0 Å². The van der Waals surface area contributed by atoms with Crippen LogP contribution in [0.25, 0.3) is 11.0 Å². The number of hydrogen-bond donors (Lipinski definition) is 1. The fraction of sp³-hybridized carbons (Fsp3) is 0.357. The van der Waals surface area contributed by atoms with E-state index < -0.39 is 11.9 Å². The number of esters is 1. The van der Waals surface area contributed by atoms with Gasteiger partial charge in [0.15, 0.2) is 0 Å². The van der Waals surface area contributed by atoms with E-state index >= 15 is 0 Å². The van der Waals surface area contributed by atoms with Crippen molar-refractivity contribution in [3.05, 3.63) is 29.6 Å². The van der Waals surface area contributed by atoms with Crippen molar-refractivity contribution >= 4 is 23.0 Å². The van der Waals surface area contributed by atoms with Crippen LogP contribution >= 0.6 is 0 Å². The molecule has 0 amide bonds. The first-order valence-electron chi connectivity index (χ1n) is 6.25. The van der Waals surface area contributed by atoms with Gasteiger partial charge in [-0.05, 0) is 12.1 Å². The maximum Gasteiger partial charge on any atom is 0.337 e. The van der Waals surface area contributed by atoms with Crippen LogP contribution in [0.4, 0.5) is 0 Å². The van der Waals surface area contributed by atoms with Crippen molar-refractivity contribution in [2.24, 2.45) is 0 Å². The van der Waals surface area contributed by atoms with Gasteiger partial charge in [0.2, 0.25) is 0 Å². The highest BCUT2D eigenvalue weighted by atomic mass is 16.5. The van der Waals surface area contributed by atoms with E-state index in [1.807, 2.05) is 13.8 Å². The highest BCUT2D eigenvalue weighted by Crippen LogP contribution is 2.24. The number of rotatable bonds is 4. The summed E-state index contributed by atoms with van der Waals surface area (Å²) in [5.74, 6) is -0.701. The number of para-hydroxylation sites is 1. The molecule has 0 saturated carbocycles. The van der Waals surface area contributed by atoms with Crippen LogP contribution in [0.5, 0.6) is 0 Å². The fourth-order valence-corrected chi connectivity index (χ4v) is 2.14. The molecule has 1 aromatic carbocycles. The molecule has 1 heterocycles. The van der Waals surface area contributed by atoms with Crippen molar-refractivity contribution in [2.45, 2.75) is 26.3 Å². The number of carboxylic acids is 1. The zero-order valence-electron chi connectivity index (χ0n) is 11.6. The summed E-state index contributed by atoms with van der Waals surface area (Å²) in [6, 6.07) is 4.90. The van der Waals surface area contributed by atoms with Crippen molar-refractivity contribution in [1.29, 1.82) is 0 Å². The lowest BCUT2D eigenvalue weighted by molar-refractivity contribution is -0.141. The molecule has 0 aliphatic carbocycles. The van der Waals surface area contributed by atoms with Crippen molar-refractivity contribution in [2.75, 3.05) is 7.11 Å². The van der Waals surface area contributed by atoms with Gasteiger partial charge in [0.05, 0.1) is 18.2 Å². The summed E-state index contributed by atoms with van der Waals surface area (Å²) < 4.78 is 6.39. The number of imidazole rings is 1. The molecule has 0 bridgehead atoms. The number of methoxy groups -OCH3 is 1. The van der Waals surface area contributed by atoms with E-state index in [1.54, 1.807) is 16.7 Å². The van der Waals surface area contributed by atoms with Crippen LogP contribution in [0, 0.1) is 0 Å². The molecule has 2 rings (SSSR count). The lowest BCUT2D eigenvalue weighted by atomic mass is 10.2. The van der Waals surface area contributed by atoms with Crippen LogP contribution in [0.15, 0.2) is 18.2 Å². The van der Waals surface area contributed by atoms with Crippen LogP contribution in [0.1, 0.15) is 35.9 Å². The SMILES string of the molecule is COC(=O)Cn1c(C(C)C)nc2c(C(=O)O)cccc21. The van der Waals surface area contributed by atoms with Crippen molar-refractivity contribution in [1.82, 2.24) is 9.55 Å². The normalized spacial score (nSPS) is 11.0. The highest BCUT2D eigenvalue weighted by Gasteiger charge is 2.20. The van der Waals surface area contributed by atoms with Crippen LogP contribution in [0.2, 0.25) is 0 Å². The molecule has 2 aromatic rings. The van der Waals surface area contributed by atoms with E-state index in [0.717, 1.165) is 0 Å². The van der Waals surface area contributed by atoms with Gasteiger partial charge in [-0.15, -0.1) is 0 Å². The molecule has 0 spiro atoms. The second-order valence-corrected chi connectivity index (χ2v) is 4.77. The van der Waals surface area contributed by atoms with Crippen LogP contribution in [-0.2, 0) is 16.1 Å². The third kappa shape index (κ3) is 2.36. The molecule has 0 radical (unpaired) electrons. The molecular weight excluding hydrogens is 260 g/mol. The third-order valence-electron chi connectivity index (χ3n) is 3.07. The molecule has 106 valence electrons. The first-order chi connectivity index (χ1) is 9.45. The average molecular weight is 276 g/mol. The molecule has 0 saturated heterocycles. The first kappa shape index (κ1) is 14.0. The molecular formula is C14H16N2O4. The summed E-state index contributed by atoms with van der Waals surface area (Å²) in [5.41, 5.74) is 1.15. The Balaban J connectivity index is 2.70. The number of nitrogens with zero attached hydrogens (tertiary/aromatic N) is 2. The Kier molecular flexibility index (Phi) is 3.74. The Morgan fingerprint density at radius 1 is 1.40 bits per heavy atom. The largest absolute Gasteiger partial charge is 0.478 e. The number of carboxylic acid groups (broad SMARTS) is 1. The van der Waals surface area contributed by atoms with E-state index in [4.69, 9.17) is 0 Å². The maximum atomic E-state index is 11.5. The predicted molar refractivity (Wildman–Crippen MR) is 72.8 cm³/mol. The average Bonchev–Trinajstić information content (AvgIpc) is 2.77. The number of fused-ring (bicyclic) bond motifs is 1. The first-order valence-corrected chi connectivity index (χ1v) is 6.25. The van der Waals surface area contributed by atoms with Crippen LogP contribution < -0.4 is 0 Å². The molecule has 0 aliphatic rings. The molecule has 0 fully saturated rings. The van der Waals surface area contributed by atoms with Gasteiger partial charge < -0.3 is 14.4 Å². The van der Waals surface area contributed by atoms with Gasteiger partial charge in [0, 0.05) is 5.92 Å². The highest BCUT2D eigenvalue weighted by molar-refractivity contribution is 6.01. The van der Waals surface area contributed by atoms with Gasteiger partial charge in [-0.3, -0.25) is 4.79 Å². The number of aromatic carboxylic acids is 1. The Morgan fingerprint density at radius 2 is 2.10 bits per heavy atom. The van der Waals surface area contributed by atoms with Crippen LogP contribution in [-0.4, -0.2) is 33.7 Å². The molecule has 1 aromatic heterocycles. The van der Waals surface area contributed by atoms with Crippen molar-refractivity contribution in [3.8, 4) is 0 Å². The molecule has 1 N–H and O–H groups in total. The summed E-state index contributed by atoms with van der Waals surface area (Å²) in [6.07, 6.45) is 0. The van der Waals surface area contributed by atoms with Gasteiger partial charge in [-0.1, -0.05) is 19.9 Å². The summed E-state index contributed by atoms with van der Waals surface area (Å²) in [5, 5.41) is 9.21.